The molecule has 0 radical (unpaired) electrons. The molecule has 0 aliphatic rings. The van der Waals surface area contributed by atoms with Gasteiger partial charge in [-0.1, -0.05) is 24.3 Å². The van der Waals surface area contributed by atoms with Crippen LogP contribution in [0.1, 0.15) is 15.9 Å². The molecule has 1 aromatic heterocycles. The minimum Gasteiger partial charge on any atom is -0.322 e. The Balaban J connectivity index is 1.67. The van der Waals surface area contributed by atoms with Crippen LogP contribution in [-0.2, 0) is 0 Å². The number of hydrogen-bond donors (Lipinski definition) is 1. The van der Waals surface area contributed by atoms with E-state index in [9.17, 15) is 4.79 Å². The van der Waals surface area contributed by atoms with Crippen molar-refractivity contribution in [2.75, 3.05) is 5.32 Å². The molecule has 0 spiro atoms. The predicted molar refractivity (Wildman–Crippen MR) is 117 cm³/mol. The number of carbonyl (C=O) groups excluding carboxylic acids is 1. The lowest BCUT2D eigenvalue weighted by molar-refractivity contribution is 0.102. The lowest BCUT2D eigenvalue weighted by Crippen LogP contribution is -2.12. The quantitative estimate of drug-likeness (QED) is 0.366. The van der Waals surface area contributed by atoms with Crippen LogP contribution in [0.5, 0.6) is 0 Å². The van der Waals surface area contributed by atoms with Crippen molar-refractivity contribution in [1.82, 2.24) is 4.98 Å². The average molecular weight is 470 g/mol. The number of thiazole rings is 1. The smallest absolute Gasteiger partial charge is 0.255 e. The number of carbonyl (C=O) groups is 1. The molecule has 4 rings (SSSR count). The Hall–Kier alpha value is -2.25. The molecule has 0 unspecified atom stereocenters. The molecule has 3 nitrogen and oxygen atoms in total. The largest absolute Gasteiger partial charge is 0.322 e. The summed E-state index contributed by atoms with van der Waals surface area (Å²) in [6.07, 6.45) is 0. The molecule has 0 bridgehead atoms. The number of fused-ring (bicyclic) bond motifs is 1. The normalized spacial score (nSPS) is 10.8. The summed E-state index contributed by atoms with van der Waals surface area (Å²) in [6, 6.07) is 21.6. The fraction of sp³-hybridized carbons (Fsp3) is 0.0476. The van der Waals surface area contributed by atoms with Gasteiger partial charge in [0, 0.05) is 20.4 Å². The fourth-order valence-corrected chi connectivity index (χ4v) is 4.19. The van der Waals surface area contributed by atoms with Crippen LogP contribution < -0.4 is 5.32 Å². The van der Waals surface area contributed by atoms with Gasteiger partial charge in [-0.05, 0) is 77.5 Å². The highest BCUT2D eigenvalue weighted by Gasteiger charge is 2.13. The molecular formula is C21H15IN2OS. The van der Waals surface area contributed by atoms with Gasteiger partial charge in [0.2, 0.25) is 0 Å². The molecule has 0 atom stereocenters. The number of rotatable bonds is 3. The van der Waals surface area contributed by atoms with Gasteiger partial charge in [-0.3, -0.25) is 4.79 Å². The van der Waals surface area contributed by atoms with Crippen LogP contribution in [0.3, 0.4) is 0 Å². The van der Waals surface area contributed by atoms with E-state index in [1.807, 2.05) is 67.6 Å². The van der Waals surface area contributed by atoms with E-state index in [1.54, 1.807) is 11.3 Å². The minimum atomic E-state index is -0.106. The van der Waals surface area contributed by atoms with Crippen LogP contribution >= 0.6 is 33.9 Å². The molecule has 4 aromatic rings. The summed E-state index contributed by atoms with van der Waals surface area (Å²) in [7, 11) is 0. The zero-order valence-electron chi connectivity index (χ0n) is 14.0. The summed E-state index contributed by atoms with van der Waals surface area (Å²) in [6.45, 7) is 2.02. The van der Waals surface area contributed by atoms with Gasteiger partial charge in [-0.15, -0.1) is 11.3 Å². The lowest BCUT2D eigenvalue weighted by Gasteiger charge is -2.11. The first-order chi connectivity index (χ1) is 12.6. The van der Waals surface area contributed by atoms with Gasteiger partial charge in [0.05, 0.1) is 10.2 Å². The maximum Gasteiger partial charge on any atom is 0.255 e. The van der Waals surface area contributed by atoms with Crippen molar-refractivity contribution < 1.29 is 4.79 Å². The number of nitrogens with one attached hydrogen (secondary N) is 1. The van der Waals surface area contributed by atoms with Crippen molar-refractivity contribution >= 4 is 55.7 Å². The monoisotopic (exact) mass is 470 g/mol. The highest BCUT2D eigenvalue weighted by molar-refractivity contribution is 14.1. The molecule has 1 amide bonds. The van der Waals surface area contributed by atoms with Gasteiger partial charge in [0.15, 0.2) is 0 Å². The Morgan fingerprint density at radius 2 is 1.77 bits per heavy atom. The third-order valence-corrected chi connectivity index (χ3v) is 6.00. The summed E-state index contributed by atoms with van der Waals surface area (Å²) in [4.78, 5) is 17.3. The Morgan fingerprint density at radius 1 is 1.00 bits per heavy atom. The number of nitrogens with zero attached hydrogens (tertiary/aromatic N) is 1. The number of amides is 1. The summed E-state index contributed by atoms with van der Waals surface area (Å²) in [5.74, 6) is -0.106. The van der Waals surface area contributed by atoms with Crippen molar-refractivity contribution in [2.45, 2.75) is 6.92 Å². The minimum absolute atomic E-state index is 0.106. The third kappa shape index (κ3) is 3.37. The molecule has 3 aromatic carbocycles. The van der Waals surface area contributed by atoms with E-state index in [-0.39, 0.29) is 5.91 Å². The van der Waals surface area contributed by atoms with Crippen LogP contribution in [0.2, 0.25) is 0 Å². The maximum absolute atomic E-state index is 12.5. The lowest BCUT2D eigenvalue weighted by atomic mass is 10.1. The van der Waals surface area contributed by atoms with Gasteiger partial charge >= 0.3 is 0 Å². The number of halogens is 1. The first kappa shape index (κ1) is 17.2. The van der Waals surface area contributed by atoms with Crippen molar-refractivity contribution in [3.63, 3.8) is 0 Å². The van der Waals surface area contributed by atoms with Crippen molar-refractivity contribution in [1.29, 1.82) is 0 Å². The average Bonchev–Trinajstić information content (AvgIpc) is 3.08. The van der Waals surface area contributed by atoms with Gasteiger partial charge < -0.3 is 5.32 Å². The van der Waals surface area contributed by atoms with E-state index in [2.05, 4.69) is 34.0 Å². The second-order valence-corrected chi connectivity index (χ2v) is 8.20. The van der Waals surface area contributed by atoms with Gasteiger partial charge in [-0.25, -0.2) is 4.98 Å². The van der Waals surface area contributed by atoms with Crippen LogP contribution in [-0.4, -0.2) is 10.9 Å². The highest BCUT2D eigenvalue weighted by Crippen LogP contribution is 2.34. The molecule has 0 saturated heterocycles. The van der Waals surface area contributed by atoms with E-state index in [0.717, 1.165) is 35.6 Å². The zero-order chi connectivity index (χ0) is 18.1. The number of anilines is 1. The molecule has 1 heterocycles. The molecule has 5 heteroatoms. The topological polar surface area (TPSA) is 42.0 Å². The molecule has 1 N–H and O–H groups in total. The molecule has 128 valence electrons. The van der Waals surface area contributed by atoms with Gasteiger partial charge in [0.25, 0.3) is 5.91 Å². The standard InChI is InChI=1S/C21H15IN2OS/c1-13-16(21-24-18-6-2-3-8-19(18)26-21)5-4-7-17(13)23-20(25)14-9-11-15(22)12-10-14/h2-12H,1H3,(H,23,25). The van der Waals surface area contributed by atoms with E-state index >= 15 is 0 Å². The van der Waals surface area contributed by atoms with E-state index in [0.29, 0.717) is 5.56 Å². The fourth-order valence-electron chi connectivity index (χ4n) is 2.79. The highest BCUT2D eigenvalue weighted by atomic mass is 127. The summed E-state index contributed by atoms with van der Waals surface area (Å²) < 4.78 is 2.27. The maximum atomic E-state index is 12.5. The van der Waals surface area contributed by atoms with Crippen molar-refractivity contribution in [3.8, 4) is 10.6 Å². The predicted octanol–water partition coefficient (Wildman–Crippen LogP) is 6.13. The van der Waals surface area contributed by atoms with E-state index in [4.69, 9.17) is 4.98 Å². The third-order valence-electron chi connectivity index (χ3n) is 4.21. The SMILES string of the molecule is Cc1c(NC(=O)c2ccc(I)cc2)cccc1-c1nc2ccccc2s1. The number of hydrogen-bond acceptors (Lipinski definition) is 3. The van der Waals surface area contributed by atoms with Crippen molar-refractivity contribution in [3.05, 3.63) is 81.4 Å². The first-order valence-corrected chi connectivity index (χ1v) is 10.0. The molecular weight excluding hydrogens is 455 g/mol. The first-order valence-electron chi connectivity index (χ1n) is 8.14. The Labute approximate surface area is 169 Å². The van der Waals surface area contributed by atoms with E-state index in [1.165, 1.54) is 0 Å². The summed E-state index contributed by atoms with van der Waals surface area (Å²) in [5.41, 5.74) is 4.53. The number of aromatic nitrogens is 1. The van der Waals surface area contributed by atoms with Crippen molar-refractivity contribution in [2.24, 2.45) is 0 Å². The van der Waals surface area contributed by atoms with Crippen LogP contribution in [0, 0.1) is 10.5 Å². The Kier molecular flexibility index (Phi) is 4.74. The molecule has 0 fully saturated rings. The summed E-state index contributed by atoms with van der Waals surface area (Å²) in [5, 5.41) is 3.99. The van der Waals surface area contributed by atoms with Crippen LogP contribution in [0.25, 0.3) is 20.8 Å². The Morgan fingerprint density at radius 3 is 2.54 bits per heavy atom. The number of para-hydroxylation sites is 1. The van der Waals surface area contributed by atoms with Crippen LogP contribution in [0.15, 0.2) is 66.7 Å². The molecule has 0 aliphatic carbocycles. The number of benzene rings is 3. The molecule has 26 heavy (non-hydrogen) atoms. The van der Waals surface area contributed by atoms with Gasteiger partial charge in [-0.2, -0.15) is 0 Å². The zero-order valence-corrected chi connectivity index (χ0v) is 17.0. The summed E-state index contributed by atoms with van der Waals surface area (Å²) >= 11 is 3.89. The van der Waals surface area contributed by atoms with Gasteiger partial charge in [0.1, 0.15) is 5.01 Å². The van der Waals surface area contributed by atoms with Crippen LogP contribution in [0.4, 0.5) is 5.69 Å². The molecule has 0 aliphatic heterocycles. The van der Waals surface area contributed by atoms with E-state index < -0.39 is 0 Å². The second-order valence-electron chi connectivity index (χ2n) is 5.93. The Bertz CT molecular complexity index is 1070. The molecule has 0 saturated carbocycles. The second kappa shape index (κ2) is 7.17.